The number of carbonyl (C=O) groups excluding carboxylic acids is 2. The summed E-state index contributed by atoms with van der Waals surface area (Å²) in [5, 5.41) is 7.94. The van der Waals surface area contributed by atoms with Crippen molar-refractivity contribution < 1.29 is 9.59 Å². The Bertz CT molecular complexity index is 907. The molecule has 1 aromatic carbocycles. The molecule has 0 aliphatic carbocycles. The van der Waals surface area contributed by atoms with Gasteiger partial charge >= 0.3 is 0 Å². The molecule has 0 fully saturated rings. The van der Waals surface area contributed by atoms with Gasteiger partial charge in [-0.05, 0) is 30.7 Å². The molecule has 0 unspecified atom stereocenters. The van der Waals surface area contributed by atoms with Gasteiger partial charge in [0.25, 0.3) is 5.91 Å². The van der Waals surface area contributed by atoms with Crippen LogP contribution in [0.25, 0.3) is 16.5 Å². The summed E-state index contributed by atoms with van der Waals surface area (Å²) in [6.07, 6.45) is 4.62. The average molecular weight is 309 g/mol. The van der Waals surface area contributed by atoms with Crippen molar-refractivity contribution in [3.63, 3.8) is 0 Å². The Kier molecular flexibility index (Phi) is 3.02. The van der Waals surface area contributed by atoms with E-state index in [2.05, 4.69) is 26.9 Å². The van der Waals surface area contributed by atoms with Crippen LogP contribution in [0.1, 0.15) is 38.4 Å². The summed E-state index contributed by atoms with van der Waals surface area (Å²) in [5.41, 5.74) is 12.0. The first-order valence-electron chi connectivity index (χ1n) is 7.39. The molecule has 7 nitrogen and oxygen atoms in total. The van der Waals surface area contributed by atoms with Gasteiger partial charge in [0.05, 0.1) is 23.0 Å². The van der Waals surface area contributed by atoms with Gasteiger partial charge in [-0.3, -0.25) is 9.59 Å². The van der Waals surface area contributed by atoms with Crippen LogP contribution in [-0.4, -0.2) is 36.1 Å². The minimum atomic E-state index is -0.631. The van der Waals surface area contributed by atoms with Crippen LogP contribution in [0, 0.1) is 0 Å². The summed E-state index contributed by atoms with van der Waals surface area (Å²) in [6, 6.07) is 3.35. The molecular weight excluding hydrogens is 294 g/mol. The number of hydrogen-bond acceptors (Lipinski definition) is 4. The monoisotopic (exact) mass is 309 g/mol. The summed E-state index contributed by atoms with van der Waals surface area (Å²) in [4.78, 5) is 27.4. The van der Waals surface area contributed by atoms with E-state index < -0.39 is 11.8 Å². The molecule has 116 valence electrons. The second-order valence-electron chi connectivity index (χ2n) is 5.57. The van der Waals surface area contributed by atoms with Crippen LogP contribution in [0.5, 0.6) is 0 Å². The molecule has 0 saturated carbocycles. The highest BCUT2D eigenvalue weighted by Crippen LogP contribution is 2.33. The summed E-state index contributed by atoms with van der Waals surface area (Å²) in [6.45, 7) is 1.70. The molecule has 2 aromatic rings. The second-order valence-corrected chi connectivity index (χ2v) is 5.57. The Morgan fingerprint density at radius 1 is 1.30 bits per heavy atom. The number of nitrogens with zero attached hydrogens (tertiary/aromatic N) is 1. The zero-order valence-corrected chi connectivity index (χ0v) is 12.3. The van der Waals surface area contributed by atoms with Crippen LogP contribution in [0.15, 0.2) is 23.3 Å². The fourth-order valence-electron chi connectivity index (χ4n) is 3.20. The van der Waals surface area contributed by atoms with Crippen LogP contribution in [0.2, 0.25) is 0 Å². The molecule has 0 saturated heterocycles. The normalized spacial score (nSPS) is 16.9. The third kappa shape index (κ3) is 2.05. The molecule has 7 heteroatoms. The number of nitrogens with one attached hydrogen (secondary N) is 3. The molecule has 0 bridgehead atoms. The maximum Gasteiger partial charge on any atom is 0.272 e. The number of primary amides is 1. The highest BCUT2D eigenvalue weighted by molar-refractivity contribution is 6.20. The van der Waals surface area contributed by atoms with Gasteiger partial charge in [0.2, 0.25) is 5.91 Å². The van der Waals surface area contributed by atoms with Crippen molar-refractivity contribution in [3.05, 3.63) is 40.6 Å². The first kappa shape index (κ1) is 13.7. The highest BCUT2D eigenvalue weighted by Gasteiger charge is 2.26. The lowest BCUT2D eigenvalue weighted by atomic mass is 9.96. The number of aromatic amines is 1. The number of aromatic nitrogens is 1. The third-order valence-corrected chi connectivity index (χ3v) is 4.24. The molecule has 23 heavy (non-hydrogen) atoms. The van der Waals surface area contributed by atoms with E-state index in [0.717, 1.165) is 36.3 Å². The summed E-state index contributed by atoms with van der Waals surface area (Å²) in [5.74, 6) is -1.06. The number of carbonyl (C=O) groups is 2. The van der Waals surface area contributed by atoms with Crippen molar-refractivity contribution in [1.29, 1.82) is 0 Å². The van der Waals surface area contributed by atoms with Crippen LogP contribution < -0.4 is 16.5 Å². The van der Waals surface area contributed by atoms with Gasteiger partial charge in [0, 0.05) is 23.0 Å². The molecule has 5 N–H and O–H groups in total. The van der Waals surface area contributed by atoms with Crippen molar-refractivity contribution in [2.75, 3.05) is 13.1 Å². The van der Waals surface area contributed by atoms with Crippen molar-refractivity contribution in [2.24, 2.45) is 10.8 Å². The van der Waals surface area contributed by atoms with E-state index in [-0.39, 0.29) is 11.1 Å². The molecule has 2 amide bonds. The van der Waals surface area contributed by atoms with E-state index in [9.17, 15) is 9.59 Å². The molecule has 2 aliphatic rings. The molecule has 0 radical (unpaired) electrons. The topological polar surface area (TPSA) is 112 Å². The average Bonchev–Trinajstić information content (AvgIpc) is 2.84. The van der Waals surface area contributed by atoms with E-state index in [1.807, 2.05) is 0 Å². The lowest BCUT2D eigenvalue weighted by Gasteiger charge is -2.13. The van der Waals surface area contributed by atoms with E-state index in [4.69, 9.17) is 5.73 Å². The van der Waals surface area contributed by atoms with Crippen LogP contribution in [0.4, 0.5) is 0 Å². The fourth-order valence-corrected chi connectivity index (χ4v) is 3.20. The van der Waals surface area contributed by atoms with Gasteiger partial charge < -0.3 is 16.0 Å². The summed E-state index contributed by atoms with van der Waals surface area (Å²) >= 11 is 0. The van der Waals surface area contributed by atoms with Crippen LogP contribution in [0.3, 0.4) is 0 Å². The highest BCUT2D eigenvalue weighted by atomic mass is 16.2. The predicted octanol–water partition coefficient (Wildman–Crippen LogP) is 0.721. The second kappa shape index (κ2) is 5.06. The molecular formula is C16H15N5O2. The number of benzene rings is 1. The fraction of sp³-hybridized carbons (Fsp3) is 0.188. The first-order valence-corrected chi connectivity index (χ1v) is 7.39. The molecule has 2 aliphatic heterocycles. The Hall–Kier alpha value is -2.93. The molecule has 0 spiro atoms. The minimum Gasteiger partial charge on any atom is -0.366 e. The van der Waals surface area contributed by atoms with Gasteiger partial charge in [0.1, 0.15) is 0 Å². The SMILES string of the molecule is NC(=O)c1ccc2[nH]c(C3=CCNCC3)c3c2c1C(=O)NN=C3. The number of amides is 2. The summed E-state index contributed by atoms with van der Waals surface area (Å²) < 4.78 is 0. The molecule has 1 aromatic heterocycles. The minimum absolute atomic E-state index is 0.201. The molecule has 4 rings (SSSR count). The smallest absolute Gasteiger partial charge is 0.272 e. The third-order valence-electron chi connectivity index (χ3n) is 4.24. The van der Waals surface area contributed by atoms with E-state index >= 15 is 0 Å². The zero-order valence-electron chi connectivity index (χ0n) is 12.3. The first-order chi connectivity index (χ1) is 11.2. The van der Waals surface area contributed by atoms with E-state index in [1.54, 1.807) is 18.3 Å². The molecule has 3 heterocycles. The largest absolute Gasteiger partial charge is 0.366 e. The Balaban J connectivity index is 2.07. The van der Waals surface area contributed by atoms with Crippen molar-refractivity contribution >= 4 is 34.5 Å². The Labute approximate surface area is 131 Å². The lowest BCUT2D eigenvalue weighted by Crippen LogP contribution is -2.22. The van der Waals surface area contributed by atoms with E-state index in [1.165, 1.54) is 5.57 Å². The van der Waals surface area contributed by atoms with E-state index in [0.29, 0.717) is 5.39 Å². The molecule has 0 atom stereocenters. The summed E-state index contributed by atoms with van der Waals surface area (Å²) in [7, 11) is 0. The van der Waals surface area contributed by atoms with Gasteiger partial charge in [-0.15, -0.1) is 0 Å². The van der Waals surface area contributed by atoms with Crippen LogP contribution in [-0.2, 0) is 0 Å². The standard InChI is InChI=1S/C16H15N5O2/c17-15(22)9-1-2-11-12-10(7-19-21-16(23)13(9)12)14(20-11)8-3-5-18-6-4-8/h1-3,7,18,20H,4-6H2,(H2,17,22)(H,21,23). The number of rotatable bonds is 2. The number of hydrazone groups is 1. The van der Waals surface area contributed by atoms with Gasteiger partial charge in [0.15, 0.2) is 0 Å². The Morgan fingerprint density at radius 3 is 2.91 bits per heavy atom. The van der Waals surface area contributed by atoms with Crippen LogP contribution >= 0.6 is 0 Å². The van der Waals surface area contributed by atoms with Gasteiger partial charge in [-0.2, -0.15) is 5.10 Å². The van der Waals surface area contributed by atoms with Crippen molar-refractivity contribution in [2.45, 2.75) is 6.42 Å². The number of hydrogen-bond donors (Lipinski definition) is 4. The Morgan fingerprint density at radius 2 is 2.17 bits per heavy atom. The zero-order chi connectivity index (χ0) is 16.0. The lowest BCUT2D eigenvalue weighted by molar-refractivity contribution is 0.0939. The maximum absolute atomic E-state index is 12.3. The maximum atomic E-state index is 12.3. The van der Waals surface area contributed by atoms with Crippen molar-refractivity contribution in [3.8, 4) is 0 Å². The number of H-pyrrole nitrogens is 1. The number of nitrogens with two attached hydrogens (primary N) is 1. The van der Waals surface area contributed by atoms with Gasteiger partial charge in [-0.1, -0.05) is 6.08 Å². The predicted molar refractivity (Wildman–Crippen MR) is 87.3 cm³/mol. The van der Waals surface area contributed by atoms with Crippen molar-refractivity contribution in [1.82, 2.24) is 15.7 Å². The van der Waals surface area contributed by atoms with Gasteiger partial charge in [-0.25, -0.2) is 5.43 Å². The quantitative estimate of drug-likeness (QED) is 0.655.